The highest BCUT2D eigenvalue weighted by atomic mass is 31.2. The van der Waals surface area contributed by atoms with Gasteiger partial charge in [0, 0.05) is 12.3 Å². The van der Waals surface area contributed by atoms with Crippen LogP contribution in [0.2, 0.25) is 0 Å². The van der Waals surface area contributed by atoms with Crippen LogP contribution in [0.1, 0.15) is 33.6 Å². The standard InChI is InChI=1S/C8H19O2P.C6H6/c1-4-7-8-10-11(9,5-2)6-3;1-2-4-6-5-3-1/h4-8H2,1-3H3;1-6H. The Hall–Kier alpha value is -0.590. The lowest BCUT2D eigenvalue weighted by atomic mass is 10.4. The van der Waals surface area contributed by atoms with Crippen LogP contribution in [0.4, 0.5) is 0 Å². The van der Waals surface area contributed by atoms with E-state index in [-0.39, 0.29) is 0 Å². The molecule has 17 heavy (non-hydrogen) atoms. The predicted molar refractivity (Wildman–Crippen MR) is 76.0 cm³/mol. The Bertz CT molecular complexity index is 264. The molecule has 0 saturated carbocycles. The van der Waals surface area contributed by atoms with Crippen molar-refractivity contribution in [1.29, 1.82) is 0 Å². The van der Waals surface area contributed by atoms with Crippen molar-refractivity contribution >= 4 is 7.37 Å². The van der Waals surface area contributed by atoms with Crippen LogP contribution < -0.4 is 0 Å². The summed E-state index contributed by atoms with van der Waals surface area (Å²) < 4.78 is 16.9. The lowest BCUT2D eigenvalue weighted by Gasteiger charge is -2.13. The molecule has 0 atom stereocenters. The highest BCUT2D eigenvalue weighted by molar-refractivity contribution is 7.58. The first-order chi connectivity index (χ1) is 8.18. The minimum absolute atomic E-state index is 0.662. The van der Waals surface area contributed by atoms with Gasteiger partial charge >= 0.3 is 0 Å². The fraction of sp³-hybridized carbons (Fsp3) is 0.571. The van der Waals surface area contributed by atoms with Gasteiger partial charge in [-0.2, -0.15) is 0 Å². The number of rotatable bonds is 6. The molecule has 0 heterocycles. The summed E-state index contributed by atoms with van der Waals surface area (Å²) in [6.45, 7) is 6.62. The molecule has 98 valence electrons. The van der Waals surface area contributed by atoms with Crippen molar-refractivity contribution in [2.45, 2.75) is 33.6 Å². The zero-order valence-electron chi connectivity index (χ0n) is 11.3. The molecule has 0 aliphatic heterocycles. The van der Waals surface area contributed by atoms with E-state index < -0.39 is 7.37 Å². The van der Waals surface area contributed by atoms with E-state index >= 15 is 0 Å². The van der Waals surface area contributed by atoms with Crippen molar-refractivity contribution in [1.82, 2.24) is 0 Å². The van der Waals surface area contributed by atoms with E-state index in [0.717, 1.165) is 12.8 Å². The molecule has 0 unspecified atom stereocenters. The molecule has 0 bridgehead atoms. The van der Waals surface area contributed by atoms with Gasteiger partial charge in [0.1, 0.15) is 0 Å². The average molecular weight is 256 g/mol. The van der Waals surface area contributed by atoms with Gasteiger partial charge in [0.05, 0.1) is 6.61 Å². The summed E-state index contributed by atoms with van der Waals surface area (Å²) in [4.78, 5) is 0. The van der Waals surface area contributed by atoms with Gasteiger partial charge in [-0.25, -0.2) is 0 Å². The topological polar surface area (TPSA) is 26.3 Å². The molecule has 0 amide bonds. The molecule has 0 fully saturated rings. The molecule has 0 aromatic heterocycles. The largest absolute Gasteiger partial charge is 0.328 e. The van der Waals surface area contributed by atoms with Gasteiger partial charge in [0.25, 0.3) is 0 Å². The summed E-state index contributed by atoms with van der Waals surface area (Å²) >= 11 is 0. The second-order valence-electron chi connectivity index (χ2n) is 3.79. The zero-order chi connectivity index (χ0) is 13.0. The molecule has 0 aliphatic rings. The van der Waals surface area contributed by atoms with Crippen LogP contribution in [0.3, 0.4) is 0 Å². The second kappa shape index (κ2) is 10.6. The average Bonchev–Trinajstić information content (AvgIpc) is 2.41. The summed E-state index contributed by atoms with van der Waals surface area (Å²) in [7, 11) is -2.21. The van der Waals surface area contributed by atoms with E-state index in [1.807, 2.05) is 50.2 Å². The molecule has 1 aromatic rings. The van der Waals surface area contributed by atoms with Crippen molar-refractivity contribution in [3.05, 3.63) is 36.4 Å². The van der Waals surface area contributed by atoms with Crippen LogP contribution in [0.25, 0.3) is 0 Å². The maximum absolute atomic E-state index is 11.6. The van der Waals surface area contributed by atoms with Gasteiger partial charge in [0.15, 0.2) is 0 Å². The van der Waals surface area contributed by atoms with Crippen LogP contribution in [0.15, 0.2) is 36.4 Å². The molecule has 3 heteroatoms. The first-order valence-electron chi connectivity index (χ1n) is 6.41. The number of hydrogen-bond donors (Lipinski definition) is 0. The van der Waals surface area contributed by atoms with Crippen LogP contribution in [0.5, 0.6) is 0 Å². The number of unbranched alkanes of at least 4 members (excludes halogenated alkanes) is 1. The lowest BCUT2D eigenvalue weighted by Crippen LogP contribution is -1.97. The molecule has 0 radical (unpaired) electrons. The summed E-state index contributed by atoms with van der Waals surface area (Å²) in [6.07, 6.45) is 3.47. The van der Waals surface area contributed by atoms with E-state index in [1.165, 1.54) is 0 Å². The number of hydrogen-bond acceptors (Lipinski definition) is 2. The Labute approximate surface area is 106 Å². The van der Waals surface area contributed by atoms with Crippen molar-refractivity contribution in [3.8, 4) is 0 Å². The third-order valence-electron chi connectivity index (χ3n) is 2.45. The number of benzene rings is 1. The van der Waals surface area contributed by atoms with Crippen molar-refractivity contribution in [2.75, 3.05) is 18.9 Å². The normalized spacial score (nSPS) is 10.5. The van der Waals surface area contributed by atoms with Gasteiger partial charge in [-0.1, -0.05) is 63.6 Å². The van der Waals surface area contributed by atoms with Gasteiger partial charge in [0.2, 0.25) is 7.37 Å². The molecule has 0 aliphatic carbocycles. The molecule has 1 aromatic carbocycles. The molecule has 0 N–H and O–H groups in total. The smallest absolute Gasteiger partial charge is 0.202 e. The summed E-state index contributed by atoms with van der Waals surface area (Å²) in [5.74, 6) is 0. The lowest BCUT2D eigenvalue weighted by molar-refractivity contribution is 0.307. The molecule has 2 nitrogen and oxygen atoms in total. The molecule has 0 saturated heterocycles. The first kappa shape index (κ1) is 16.4. The maximum atomic E-state index is 11.6. The van der Waals surface area contributed by atoms with Crippen molar-refractivity contribution in [3.63, 3.8) is 0 Å². The maximum Gasteiger partial charge on any atom is 0.202 e. The van der Waals surface area contributed by atoms with Gasteiger partial charge in [-0.05, 0) is 6.42 Å². The van der Waals surface area contributed by atoms with E-state index in [4.69, 9.17) is 4.52 Å². The van der Waals surface area contributed by atoms with Crippen molar-refractivity contribution in [2.24, 2.45) is 0 Å². The predicted octanol–water partition coefficient (Wildman–Crippen LogP) is 4.81. The Morgan fingerprint density at radius 1 is 0.882 bits per heavy atom. The van der Waals surface area contributed by atoms with Gasteiger partial charge < -0.3 is 4.52 Å². The van der Waals surface area contributed by atoms with Gasteiger partial charge in [-0.15, -0.1) is 0 Å². The zero-order valence-corrected chi connectivity index (χ0v) is 12.2. The Morgan fingerprint density at radius 2 is 1.29 bits per heavy atom. The molecular formula is C14H25O2P. The second-order valence-corrected chi connectivity index (χ2v) is 6.94. The Balaban J connectivity index is 0.000000354. The van der Waals surface area contributed by atoms with Crippen LogP contribution >= 0.6 is 7.37 Å². The van der Waals surface area contributed by atoms with E-state index in [9.17, 15) is 4.57 Å². The Kier molecular flexibility index (Phi) is 10.2. The van der Waals surface area contributed by atoms with Crippen LogP contribution in [-0.4, -0.2) is 18.9 Å². The van der Waals surface area contributed by atoms with E-state index in [2.05, 4.69) is 6.92 Å². The monoisotopic (exact) mass is 256 g/mol. The summed E-state index contributed by atoms with van der Waals surface area (Å²) in [5, 5.41) is 0. The quantitative estimate of drug-likeness (QED) is 0.539. The first-order valence-corrected chi connectivity index (χ1v) is 8.40. The fourth-order valence-corrected chi connectivity index (χ4v) is 2.44. The Morgan fingerprint density at radius 3 is 1.59 bits per heavy atom. The fourth-order valence-electron chi connectivity index (χ4n) is 1.17. The highest BCUT2D eigenvalue weighted by Crippen LogP contribution is 2.45. The van der Waals surface area contributed by atoms with E-state index in [0.29, 0.717) is 18.9 Å². The molecule has 1 rings (SSSR count). The SMILES string of the molecule is CCCCOP(=O)(CC)CC.c1ccccc1. The highest BCUT2D eigenvalue weighted by Gasteiger charge is 2.16. The minimum atomic E-state index is -2.21. The summed E-state index contributed by atoms with van der Waals surface area (Å²) in [5.41, 5.74) is 0. The van der Waals surface area contributed by atoms with Crippen LogP contribution in [0, 0.1) is 0 Å². The third-order valence-corrected chi connectivity index (χ3v) is 5.04. The summed E-state index contributed by atoms with van der Waals surface area (Å²) in [6, 6.07) is 12.0. The molecular weight excluding hydrogens is 231 g/mol. The molecule has 0 spiro atoms. The van der Waals surface area contributed by atoms with Gasteiger partial charge in [-0.3, -0.25) is 4.57 Å². The van der Waals surface area contributed by atoms with Crippen LogP contribution in [-0.2, 0) is 9.09 Å². The third kappa shape index (κ3) is 9.14. The van der Waals surface area contributed by atoms with Crippen molar-refractivity contribution < 1.29 is 9.09 Å². The van der Waals surface area contributed by atoms with E-state index in [1.54, 1.807) is 0 Å². The minimum Gasteiger partial charge on any atom is -0.328 e.